The number of esters is 2. The molecular formula is C25H26F2N2O5. The van der Waals surface area contributed by atoms with Crippen molar-refractivity contribution in [3.63, 3.8) is 0 Å². The Morgan fingerprint density at radius 1 is 1.06 bits per heavy atom. The second-order valence-electron chi connectivity index (χ2n) is 7.62. The molecule has 9 heteroatoms. The lowest BCUT2D eigenvalue weighted by molar-refractivity contribution is -0.143. The Kier molecular flexibility index (Phi) is 8.45. The maximum Gasteiger partial charge on any atom is 0.343 e. The number of aryl methyl sites for hydroxylation is 1. The molecule has 0 unspecified atom stereocenters. The molecular weight excluding hydrogens is 446 g/mol. The maximum absolute atomic E-state index is 14.3. The number of aromatic nitrogens is 2. The van der Waals surface area contributed by atoms with Crippen LogP contribution in [0.15, 0.2) is 41.3 Å². The van der Waals surface area contributed by atoms with Crippen molar-refractivity contribution in [1.82, 2.24) is 9.55 Å². The van der Waals surface area contributed by atoms with E-state index in [1.54, 1.807) is 13.0 Å². The number of benzene rings is 1. The van der Waals surface area contributed by atoms with Gasteiger partial charge in [-0.15, -0.1) is 0 Å². The van der Waals surface area contributed by atoms with Crippen molar-refractivity contribution in [1.29, 1.82) is 0 Å². The normalized spacial score (nSPS) is 10.9. The van der Waals surface area contributed by atoms with E-state index >= 15 is 0 Å². The number of pyridine rings is 2. The second-order valence-corrected chi connectivity index (χ2v) is 7.62. The SMILES string of the molecule is CCCCOC(=O)c1c(CCc2cccc(F)c2F)n(CC(=O)OCC)c2ncccc2c1=O. The molecule has 0 aliphatic carbocycles. The lowest BCUT2D eigenvalue weighted by atomic mass is 10.0. The van der Waals surface area contributed by atoms with Crippen LogP contribution in [0.1, 0.15) is 48.3 Å². The molecule has 0 aliphatic heterocycles. The summed E-state index contributed by atoms with van der Waals surface area (Å²) in [4.78, 5) is 42.9. The maximum atomic E-state index is 14.3. The summed E-state index contributed by atoms with van der Waals surface area (Å²) in [6.45, 7) is 3.53. The largest absolute Gasteiger partial charge is 0.465 e. The predicted molar refractivity (Wildman–Crippen MR) is 122 cm³/mol. The second kappa shape index (κ2) is 11.5. The van der Waals surface area contributed by atoms with Crippen LogP contribution >= 0.6 is 0 Å². The number of carbonyl (C=O) groups excluding carboxylic acids is 2. The van der Waals surface area contributed by atoms with E-state index in [1.165, 1.54) is 29.0 Å². The molecule has 7 nitrogen and oxygen atoms in total. The van der Waals surface area contributed by atoms with Crippen LogP contribution < -0.4 is 5.43 Å². The van der Waals surface area contributed by atoms with Crippen molar-refractivity contribution in [3.8, 4) is 0 Å². The Morgan fingerprint density at radius 2 is 1.85 bits per heavy atom. The first-order chi connectivity index (χ1) is 16.4. The molecule has 3 rings (SSSR count). The Hall–Kier alpha value is -3.62. The summed E-state index contributed by atoms with van der Waals surface area (Å²) in [5.74, 6) is -3.44. The van der Waals surface area contributed by atoms with Gasteiger partial charge in [-0.3, -0.25) is 9.59 Å². The highest BCUT2D eigenvalue weighted by Gasteiger charge is 2.25. The highest BCUT2D eigenvalue weighted by molar-refractivity contribution is 5.95. The number of nitrogens with zero attached hydrogens (tertiary/aromatic N) is 2. The first-order valence-corrected chi connectivity index (χ1v) is 11.1. The standard InChI is InChI=1S/C25H26F2N2O5/c1-3-5-14-34-25(32)21-19(12-11-16-8-6-10-18(26)22(16)27)29(15-20(30)33-4-2)24-17(23(21)31)9-7-13-28-24/h6-10,13H,3-5,11-12,14-15H2,1-2H3. The summed E-state index contributed by atoms with van der Waals surface area (Å²) in [7, 11) is 0. The monoisotopic (exact) mass is 472 g/mol. The summed E-state index contributed by atoms with van der Waals surface area (Å²) >= 11 is 0. The number of hydrogen-bond acceptors (Lipinski definition) is 6. The minimum atomic E-state index is -1.01. The quantitative estimate of drug-likeness (QED) is 0.328. The van der Waals surface area contributed by atoms with E-state index in [9.17, 15) is 23.2 Å². The molecule has 0 amide bonds. The van der Waals surface area contributed by atoms with Gasteiger partial charge in [-0.05, 0) is 49.9 Å². The highest BCUT2D eigenvalue weighted by Crippen LogP contribution is 2.20. The van der Waals surface area contributed by atoms with E-state index in [-0.39, 0.29) is 60.5 Å². The van der Waals surface area contributed by atoms with Crippen LogP contribution in [0, 0.1) is 11.6 Å². The van der Waals surface area contributed by atoms with E-state index < -0.39 is 29.0 Å². The number of fused-ring (bicyclic) bond motifs is 1. The fraction of sp³-hybridized carbons (Fsp3) is 0.360. The van der Waals surface area contributed by atoms with Gasteiger partial charge in [0.05, 0.1) is 18.6 Å². The fourth-order valence-corrected chi connectivity index (χ4v) is 3.67. The molecule has 0 fully saturated rings. The molecule has 1 aromatic carbocycles. The molecule has 0 atom stereocenters. The van der Waals surface area contributed by atoms with E-state index in [2.05, 4.69) is 4.98 Å². The molecule has 0 saturated heterocycles. The smallest absolute Gasteiger partial charge is 0.343 e. The first-order valence-electron chi connectivity index (χ1n) is 11.1. The number of unbranched alkanes of at least 4 members (excludes halogenated alkanes) is 1. The fourth-order valence-electron chi connectivity index (χ4n) is 3.67. The van der Waals surface area contributed by atoms with Crippen LogP contribution in [-0.4, -0.2) is 34.7 Å². The number of hydrogen-bond donors (Lipinski definition) is 0. The Bertz CT molecular complexity index is 1260. The molecule has 3 aromatic rings. The molecule has 0 N–H and O–H groups in total. The van der Waals surface area contributed by atoms with Crippen LogP contribution in [0.4, 0.5) is 8.78 Å². The third-order valence-corrected chi connectivity index (χ3v) is 5.32. The molecule has 34 heavy (non-hydrogen) atoms. The van der Waals surface area contributed by atoms with Gasteiger partial charge in [0.1, 0.15) is 17.8 Å². The summed E-state index contributed by atoms with van der Waals surface area (Å²) in [5, 5.41) is 0.134. The molecule has 2 heterocycles. The highest BCUT2D eigenvalue weighted by atomic mass is 19.2. The summed E-state index contributed by atoms with van der Waals surface area (Å²) in [6, 6.07) is 6.86. The average molecular weight is 472 g/mol. The van der Waals surface area contributed by atoms with Crippen LogP contribution in [0.5, 0.6) is 0 Å². The van der Waals surface area contributed by atoms with E-state index in [4.69, 9.17) is 9.47 Å². The Balaban J connectivity index is 2.18. The molecule has 0 aliphatic rings. The molecule has 0 bridgehead atoms. The molecule has 2 aromatic heterocycles. The zero-order chi connectivity index (χ0) is 24.7. The Labute approximate surface area is 195 Å². The lowest BCUT2D eigenvalue weighted by Crippen LogP contribution is -2.29. The summed E-state index contributed by atoms with van der Waals surface area (Å²) in [5.41, 5.74) is -0.450. The van der Waals surface area contributed by atoms with Crippen molar-refractivity contribution in [2.75, 3.05) is 13.2 Å². The van der Waals surface area contributed by atoms with Gasteiger partial charge in [-0.1, -0.05) is 25.5 Å². The summed E-state index contributed by atoms with van der Waals surface area (Å²) < 4.78 is 39.8. The molecule has 180 valence electrons. The summed E-state index contributed by atoms with van der Waals surface area (Å²) in [6.07, 6.45) is 2.79. The van der Waals surface area contributed by atoms with Gasteiger partial charge in [-0.2, -0.15) is 0 Å². The minimum absolute atomic E-state index is 0.0283. The van der Waals surface area contributed by atoms with Crippen molar-refractivity contribution in [2.45, 2.75) is 46.1 Å². The van der Waals surface area contributed by atoms with Crippen molar-refractivity contribution < 1.29 is 27.8 Å². The lowest BCUT2D eigenvalue weighted by Gasteiger charge is -2.19. The van der Waals surface area contributed by atoms with Crippen LogP contribution in [0.3, 0.4) is 0 Å². The van der Waals surface area contributed by atoms with Crippen molar-refractivity contribution in [2.24, 2.45) is 0 Å². The predicted octanol–water partition coefficient (Wildman–Crippen LogP) is 3.98. The zero-order valence-corrected chi connectivity index (χ0v) is 19.1. The number of ether oxygens (including phenoxy) is 2. The van der Waals surface area contributed by atoms with Crippen LogP contribution in [0.2, 0.25) is 0 Å². The van der Waals surface area contributed by atoms with Gasteiger partial charge in [0.25, 0.3) is 0 Å². The van der Waals surface area contributed by atoms with E-state index in [0.717, 1.165) is 12.5 Å². The first kappa shape index (κ1) is 25.0. The topological polar surface area (TPSA) is 87.5 Å². The van der Waals surface area contributed by atoms with Gasteiger partial charge >= 0.3 is 11.9 Å². The van der Waals surface area contributed by atoms with Gasteiger partial charge in [0.2, 0.25) is 5.43 Å². The van der Waals surface area contributed by atoms with E-state index in [1.807, 2.05) is 6.92 Å². The number of halogens is 2. The van der Waals surface area contributed by atoms with Gasteiger partial charge in [0.15, 0.2) is 11.6 Å². The zero-order valence-electron chi connectivity index (χ0n) is 19.1. The van der Waals surface area contributed by atoms with Gasteiger partial charge < -0.3 is 14.0 Å². The molecule has 0 radical (unpaired) electrons. The third-order valence-electron chi connectivity index (χ3n) is 5.32. The third kappa shape index (κ3) is 5.47. The van der Waals surface area contributed by atoms with Crippen molar-refractivity contribution in [3.05, 3.63) is 75.2 Å². The van der Waals surface area contributed by atoms with Crippen molar-refractivity contribution >= 4 is 23.0 Å². The van der Waals surface area contributed by atoms with Gasteiger partial charge in [-0.25, -0.2) is 18.6 Å². The minimum Gasteiger partial charge on any atom is -0.465 e. The average Bonchev–Trinajstić information content (AvgIpc) is 2.82. The van der Waals surface area contributed by atoms with Crippen LogP contribution in [-0.2, 0) is 33.7 Å². The number of rotatable bonds is 10. The number of carbonyl (C=O) groups is 2. The van der Waals surface area contributed by atoms with E-state index in [0.29, 0.717) is 6.42 Å². The molecule has 0 saturated carbocycles. The Morgan fingerprint density at radius 3 is 2.59 bits per heavy atom. The molecule has 0 spiro atoms. The van der Waals surface area contributed by atoms with Gasteiger partial charge in [0, 0.05) is 11.9 Å². The van der Waals surface area contributed by atoms with Crippen LogP contribution in [0.25, 0.3) is 11.0 Å².